The van der Waals surface area contributed by atoms with Crippen LogP contribution in [0, 0.1) is 5.92 Å². The molecule has 0 saturated carbocycles. The average molecular weight is 250 g/mol. The smallest absolute Gasteiger partial charge is 0.306 e. The molecule has 0 aromatic carbocycles. The second-order valence-corrected chi connectivity index (χ2v) is 5.32. The summed E-state index contributed by atoms with van der Waals surface area (Å²) >= 11 is 0. The van der Waals surface area contributed by atoms with Gasteiger partial charge in [0.15, 0.2) is 0 Å². The molecule has 1 aromatic heterocycles. The maximum Gasteiger partial charge on any atom is 0.306 e. The molecule has 0 amide bonds. The van der Waals surface area contributed by atoms with Crippen LogP contribution in [0.4, 0.5) is 0 Å². The van der Waals surface area contributed by atoms with E-state index in [2.05, 4.69) is 24.1 Å². The van der Waals surface area contributed by atoms with Crippen LogP contribution in [0.3, 0.4) is 0 Å². The van der Waals surface area contributed by atoms with Crippen LogP contribution in [0.1, 0.15) is 32.8 Å². The Hall–Kier alpha value is -1.42. The lowest BCUT2D eigenvalue weighted by Crippen LogP contribution is -2.34. The number of rotatable bonds is 7. The summed E-state index contributed by atoms with van der Waals surface area (Å²) in [5.74, 6) is -1.02. The molecule has 0 aliphatic heterocycles. The fourth-order valence-corrected chi connectivity index (χ4v) is 1.75. The first-order valence-electron chi connectivity index (χ1n) is 6.27. The number of nitrogens with one attached hydrogen (secondary N) is 1. The highest BCUT2D eigenvalue weighted by Gasteiger charge is 2.20. The maximum atomic E-state index is 10.7. The molecule has 4 heteroatoms. The zero-order valence-electron chi connectivity index (χ0n) is 11.3. The van der Waals surface area contributed by atoms with Gasteiger partial charge in [0.25, 0.3) is 0 Å². The molecular weight excluding hydrogens is 228 g/mol. The normalized spacial score (nSPS) is 13.3. The Kier molecular flexibility index (Phi) is 5.28. The van der Waals surface area contributed by atoms with Crippen molar-refractivity contribution in [3.8, 4) is 0 Å². The first kappa shape index (κ1) is 14.6. The van der Waals surface area contributed by atoms with Gasteiger partial charge >= 0.3 is 5.97 Å². The van der Waals surface area contributed by atoms with Crippen LogP contribution in [-0.2, 0) is 10.2 Å². The number of carbonyl (C=O) groups is 1. The van der Waals surface area contributed by atoms with E-state index in [-0.39, 0.29) is 11.3 Å². The highest BCUT2D eigenvalue weighted by atomic mass is 16.4. The van der Waals surface area contributed by atoms with Crippen LogP contribution < -0.4 is 5.32 Å². The van der Waals surface area contributed by atoms with Gasteiger partial charge in [-0.25, -0.2) is 0 Å². The van der Waals surface area contributed by atoms with E-state index in [0.717, 1.165) is 13.1 Å². The van der Waals surface area contributed by atoms with Crippen LogP contribution >= 0.6 is 0 Å². The van der Waals surface area contributed by atoms with Gasteiger partial charge in [0.2, 0.25) is 0 Å². The van der Waals surface area contributed by atoms with Crippen LogP contribution in [0.2, 0.25) is 0 Å². The van der Waals surface area contributed by atoms with Crippen molar-refractivity contribution < 1.29 is 9.90 Å². The summed E-state index contributed by atoms with van der Waals surface area (Å²) in [6, 6.07) is 4.03. The Morgan fingerprint density at radius 2 is 2.06 bits per heavy atom. The highest BCUT2D eigenvalue weighted by molar-refractivity contribution is 5.69. The first-order chi connectivity index (χ1) is 8.43. The number of hydrogen-bond acceptors (Lipinski definition) is 3. The van der Waals surface area contributed by atoms with Crippen LogP contribution in [0.5, 0.6) is 0 Å². The zero-order valence-corrected chi connectivity index (χ0v) is 11.3. The molecule has 0 saturated heterocycles. The quantitative estimate of drug-likeness (QED) is 0.727. The fraction of sp³-hybridized carbons (Fsp3) is 0.571. The van der Waals surface area contributed by atoms with Crippen LogP contribution in [-0.4, -0.2) is 29.1 Å². The average Bonchev–Trinajstić information content (AvgIpc) is 2.35. The van der Waals surface area contributed by atoms with E-state index < -0.39 is 5.97 Å². The lowest BCUT2D eigenvalue weighted by Gasteiger charge is -2.25. The summed E-state index contributed by atoms with van der Waals surface area (Å²) in [5, 5.41) is 12.1. The van der Waals surface area contributed by atoms with Gasteiger partial charge < -0.3 is 10.4 Å². The number of aromatic nitrogens is 1. The molecule has 1 rings (SSSR count). The van der Waals surface area contributed by atoms with Gasteiger partial charge in [-0.05, 0) is 30.7 Å². The minimum Gasteiger partial charge on any atom is -0.481 e. The van der Waals surface area contributed by atoms with Gasteiger partial charge in [-0.3, -0.25) is 9.78 Å². The van der Waals surface area contributed by atoms with E-state index in [4.69, 9.17) is 5.11 Å². The number of hydrogen-bond donors (Lipinski definition) is 2. The third kappa shape index (κ3) is 4.45. The van der Waals surface area contributed by atoms with E-state index >= 15 is 0 Å². The maximum absolute atomic E-state index is 10.7. The van der Waals surface area contributed by atoms with Crippen molar-refractivity contribution in [2.75, 3.05) is 13.1 Å². The van der Waals surface area contributed by atoms with E-state index in [9.17, 15) is 4.79 Å². The van der Waals surface area contributed by atoms with Gasteiger partial charge in [0.05, 0.1) is 5.92 Å². The predicted octanol–water partition coefficient (Wildman–Crippen LogP) is 2.06. The lowest BCUT2D eigenvalue weighted by molar-refractivity contribution is -0.141. The highest BCUT2D eigenvalue weighted by Crippen LogP contribution is 2.21. The molecule has 100 valence electrons. The van der Waals surface area contributed by atoms with Crippen molar-refractivity contribution in [3.63, 3.8) is 0 Å². The van der Waals surface area contributed by atoms with Gasteiger partial charge in [-0.2, -0.15) is 0 Å². The van der Waals surface area contributed by atoms with E-state index in [1.807, 2.05) is 12.1 Å². The lowest BCUT2D eigenvalue weighted by atomic mass is 9.85. The monoisotopic (exact) mass is 250 g/mol. The third-order valence-corrected chi connectivity index (χ3v) is 3.20. The van der Waals surface area contributed by atoms with Crippen LogP contribution in [0.15, 0.2) is 24.5 Å². The molecular formula is C14H22N2O2. The number of carboxylic acid groups (broad SMARTS) is 1. The summed E-state index contributed by atoms with van der Waals surface area (Å²) in [7, 11) is 0. The topological polar surface area (TPSA) is 62.2 Å². The van der Waals surface area contributed by atoms with Crippen molar-refractivity contribution in [2.45, 2.75) is 32.6 Å². The minimum absolute atomic E-state index is 0.0232. The van der Waals surface area contributed by atoms with Crippen LogP contribution in [0.25, 0.3) is 0 Å². The molecule has 0 aliphatic carbocycles. The molecule has 1 aromatic rings. The van der Waals surface area contributed by atoms with Crippen molar-refractivity contribution in [1.82, 2.24) is 10.3 Å². The Labute approximate surface area is 108 Å². The largest absolute Gasteiger partial charge is 0.481 e. The molecule has 1 heterocycles. The van der Waals surface area contributed by atoms with Crippen molar-refractivity contribution in [1.29, 1.82) is 0 Å². The summed E-state index contributed by atoms with van der Waals surface area (Å²) in [6.45, 7) is 7.61. The summed E-state index contributed by atoms with van der Waals surface area (Å²) in [4.78, 5) is 14.7. The Morgan fingerprint density at radius 3 is 2.61 bits per heavy atom. The number of pyridine rings is 1. The predicted molar refractivity (Wildman–Crippen MR) is 71.5 cm³/mol. The second-order valence-electron chi connectivity index (χ2n) is 5.32. The molecule has 4 nitrogen and oxygen atoms in total. The van der Waals surface area contributed by atoms with Crippen molar-refractivity contribution in [3.05, 3.63) is 30.1 Å². The van der Waals surface area contributed by atoms with Gasteiger partial charge in [-0.15, -0.1) is 0 Å². The molecule has 0 bridgehead atoms. The molecule has 0 spiro atoms. The van der Waals surface area contributed by atoms with E-state index in [1.165, 1.54) is 5.56 Å². The summed E-state index contributed by atoms with van der Waals surface area (Å²) in [5.41, 5.74) is 1.26. The minimum atomic E-state index is -0.731. The number of carboxylic acids is 1. The standard InChI is InChI=1S/C14H22N2O2/c1-11(13(17)18)4-7-16-10-14(2,3)12-5-8-15-9-6-12/h5-6,8-9,11,16H,4,7,10H2,1-3H3,(H,17,18). The molecule has 0 radical (unpaired) electrons. The molecule has 1 atom stereocenters. The molecule has 1 unspecified atom stereocenters. The van der Waals surface area contributed by atoms with Crippen molar-refractivity contribution >= 4 is 5.97 Å². The van der Waals surface area contributed by atoms with E-state index in [0.29, 0.717) is 6.42 Å². The first-order valence-corrected chi connectivity index (χ1v) is 6.27. The Balaban J connectivity index is 2.37. The third-order valence-electron chi connectivity index (χ3n) is 3.20. The molecule has 18 heavy (non-hydrogen) atoms. The van der Waals surface area contributed by atoms with Gasteiger partial charge in [0.1, 0.15) is 0 Å². The number of nitrogens with zero attached hydrogens (tertiary/aromatic N) is 1. The number of aliphatic carboxylic acids is 1. The Morgan fingerprint density at radius 1 is 1.44 bits per heavy atom. The summed E-state index contributed by atoms with van der Waals surface area (Å²) in [6.07, 6.45) is 4.24. The summed E-state index contributed by atoms with van der Waals surface area (Å²) < 4.78 is 0. The fourth-order valence-electron chi connectivity index (χ4n) is 1.75. The second kappa shape index (κ2) is 6.50. The zero-order chi connectivity index (χ0) is 13.6. The van der Waals surface area contributed by atoms with Gasteiger partial charge in [0, 0.05) is 24.4 Å². The van der Waals surface area contributed by atoms with E-state index in [1.54, 1.807) is 19.3 Å². The SMILES string of the molecule is CC(CCNCC(C)(C)c1ccncc1)C(=O)O. The molecule has 0 fully saturated rings. The molecule has 0 aliphatic rings. The van der Waals surface area contributed by atoms with Gasteiger partial charge in [-0.1, -0.05) is 20.8 Å². The Bertz CT molecular complexity index is 377. The molecule has 2 N–H and O–H groups in total. The van der Waals surface area contributed by atoms with Crippen molar-refractivity contribution in [2.24, 2.45) is 5.92 Å².